The average Bonchev–Trinajstić information content (AvgIpc) is 1.89. The van der Waals surface area contributed by atoms with E-state index in [1.165, 1.54) is 25.8 Å². The van der Waals surface area contributed by atoms with Crippen molar-refractivity contribution >= 4 is 0 Å². The predicted octanol–water partition coefficient (Wildman–Crippen LogP) is 1.99. The standard InChI is InChI=1S/C8H18N/c1-3-5-6-8-9-7-4-2/h9H,2-8H2,1H3. The molecule has 0 saturated carbocycles. The number of hydrogen-bond donors (Lipinski definition) is 1. The number of nitrogens with one attached hydrogen (secondary N) is 1. The SMILES string of the molecule is [CH2]CCNCCCCC. The van der Waals surface area contributed by atoms with E-state index in [9.17, 15) is 0 Å². The fourth-order valence-corrected chi connectivity index (χ4v) is 0.750. The Hall–Kier alpha value is -0.0400. The van der Waals surface area contributed by atoms with Crippen LogP contribution in [0.25, 0.3) is 0 Å². The lowest BCUT2D eigenvalue weighted by Gasteiger charge is -1.99. The molecule has 0 atom stereocenters. The molecule has 55 valence electrons. The van der Waals surface area contributed by atoms with Gasteiger partial charge in [-0.1, -0.05) is 26.7 Å². The summed E-state index contributed by atoms with van der Waals surface area (Å²) in [6, 6.07) is 0. The first-order chi connectivity index (χ1) is 4.41. The summed E-state index contributed by atoms with van der Waals surface area (Å²) in [7, 11) is 0. The molecule has 0 aromatic rings. The van der Waals surface area contributed by atoms with Crippen molar-refractivity contribution in [2.45, 2.75) is 32.6 Å². The van der Waals surface area contributed by atoms with Crippen LogP contribution < -0.4 is 5.32 Å². The van der Waals surface area contributed by atoms with Crippen LogP contribution in [0.3, 0.4) is 0 Å². The molecule has 0 fully saturated rings. The summed E-state index contributed by atoms with van der Waals surface area (Å²) >= 11 is 0. The van der Waals surface area contributed by atoms with Crippen molar-refractivity contribution < 1.29 is 0 Å². The molecule has 0 rings (SSSR count). The second kappa shape index (κ2) is 7.96. The van der Waals surface area contributed by atoms with Crippen molar-refractivity contribution in [1.29, 1.82) is 0 Å². The van der Waals surface area contributed by atoms with Gasteiger partial charge in [0, 0.05) is 0 Å². The number of unbranched alkanes of at least 4 members (excludes halogenated alkanes) is 2. The molecule has 0 spiro atoms. The maximum absolute atomic E-state index is 3.74. The lowest BCUT2D eigenvalue weighted by atomic mass is 10.2. The van der Waals surface area contributed by atoms with Crippen molar-refractivity contribution in [3.8, 4) is 0 Å². The van der Waals surface area contributed by atoms with E-state index in [0.717, 1.165) is 13.0 Å². The largest absolute Gasteiger partial charge is 0.317 e. The molecule has 0 heterocycles. The van der Waals surface area contributed by atoms with E-state index in [0.29, 0.717) is 0 Å². The fourth-order valence-electron chi connectivity index (χ4n) is 0.750. The van der Waals surface area contributed by atoms with Crippen molar-refractivity contribution in [2.24, 2.45) is 0 Å². The van der Waals surface area contributed by atoms with Gasteiger partial charge in [0.25, 0.3) is 0 Å². The predicted molar refractivity (Wildman–Crippen MR) is 42.4 cm³/mol. The zero-order valence-electron chi connectivity index (χ0n) is 6.45. The monoisotopic (exact) mass is 128 g/mol. The Morgan fingerprint density at radius 1 is 1.22 bits per heavy atom. The summed E-state index contributed by atoms with van der Waals surface area (Å²) in [6.07, 6.45) is 4.98. The van der Waals surface area contributed by atoms with E-state index in [1.54, 1.807) is 0 Å². The summed E-state index contributed by atoms with van der Waals surface area (Å²) in [5.74, 6) is 0. The van der Waals surface area contributed by atoms with Gasteiger partial charge in [-0.15, -0.1) is 0 Å². The summed E-state index contributed by atoms with van der Waals surface area (Å²) in [4.78, 5) is 0. The number of rotatable bonds is 6. The average molecular weight is 128 g/mol. The zero-order chi connectivity index (χ0) is 6.95. The van der Waals surface area contributed by atoms with Crippen LogP contribution in [-0.4, -0.2) is 13.1 Å². The molecule has 1 heteroatoms. The molecule has 1 radical (unpaired) electrons. The van der Waals surface area contributed by atoms with Crippen LogP contribution in [0.15, 0.2) is 0 Å². The molecule has 0 aliphatic carbocycles. The zero-order valence-corrected chi connectivity index (χ0v) is 6.45. The van der Waals surface area contributed by atoms with Gasteiger partial charge >= 0.3 is 0 Å². The Kier molecular flexibility index (Phi) is 7.92. The summed E-state index contributed by atoms with van der Waals surface area (Å²) in [5, 5.41) is 3.31. The Bertz CT molecular complexity index is 37.8. The second-order valence-corrected chi connectivity index (χ2v) is 2.31. The van der Waals surface area contributed by atoms with Gasteiger partial charge in [0.05, 0.1) is 0 Å². The molecular weight excluding hydrogens is 110 g/mol. The van der Waals surface area contributed by atoms with Crippen LogP contribution >= 0.6 is 0 Å². The van der Waals surface area contributed by atoms with E-state index in [4.69, 9.17) is 0 Å². The normalized spacial score (nSPS) is 10.0. The van der Waals surface area contributed by atoms with Crippen molar-refractivity contribution in [3.63, 3.8) is 0 Å². The third kappa shape index (κ3) is 7.96. The maximum Gasteiger partial charge on any atom is -0.00489 e. The molecule has 0 aromatic heterocycles. The fraction of sp³-hybridized carbons (Fsp3) is 0.875. The van der Waals surface area contributed by atoms with Crippen LogP contribution in [0, 0.1) is 6.92 Å². The second-order valence-electron chi connectivity index (χ2n) is 2.31. The molecule has 1 N–H and O–H groups in total. The summed E-state index contributed by atoms with van der Waals surface area (Å²) < 4.78 is 0. The van der Waals surface area contributed by atoms with Crippen LogP contribution in [-0.2, 0) is 0 Å². The molecule has 0 bridgehead atoms. The van der Waals surface area contributed by atoms with Crippen molar-refractivity contribution in [1.82, 2.24) is 5.32 Å². The highest BCUT2D eigenvalue weighted by Gasteiger charge is 1.83. The Morgan fingerprint density at radius 3 is 2.56 bits per heavy atom. The van der Waals surface area contributed by atoms with Gasteiger partial charge in [-0.2, -0.15) is 0 Å². The highest BCUT2D eigenvalue weighted by atomic mass is 14.8. The van der Waals surface area contributed by atoms with Crippen LogP contribution in [0.5, 0.6) is 0 Å². The smallest absolute Gasteiger partial charge is 0.00489 e. The number of hydrogen-bond acceptors (Lipinski definition) is 1. The molecular formula is C8H18N. The lowest BCUT2D eigenvalue weighted by Crippen LogP contribution is -2.15. The Morgan fingerprint density at radius 2 is 2.00 bits per heavy atom. The van der Waals surface area contributed by atoms with E-state index in [-0.39, 0.29) is 0 Å². The lowest BCUT2D eigenvalue weighted by molar-refractivity contribution is 0.620. The van der Waals surface area contributed by atoms with Gasteiger partial charge in [0.1, 0.15) is 0 Å². The minimum atomic E-state index is 1.01. The van der Waals surface area contributed by atoms with Crippen LogP contribution in [0.2, 0.25) is 0 Å². The molecule has 9 heavy (non-hydrogen) atoms. The highest BCUT2D eigenvalue weighted by Crippen LogP contribution is 1.90. The van der Waals surface area contributed by atoms with Crippen molar-refractivity contribution in [2.75, 3.05) is 13.1 Å². The summed E-state index contributed by atoms with van der Waals surface area (Å²) in [5.41, 5.74) is 0. The molecule has 0 aromatic carbocycles. The first-order valence-corrected chi connectivity index (χ1v) is 3.91. The molecule has 0 saturated heterocycles. The minimum absolute atomic E-state index is 1.01. The quantitative estimate of drug-likeness (QED) is 0.539. The molecule has 0 unspecified atom stereocenters. The van der Waals surface area contributed by atoms with Gasteiger partial charge in [0.2, 0.25) is 0 Å². The van der Waals surface area contributed by atoms with E-state index >= 15 is 0 Å². The third-order valence-corrected chi connectivity index (χ3v) is 1.31. The van der Waals surface area contributed by atoms with Crippen LogP contribution in [0.4, 0.5) is 0 Å². The Balaban J connectivity index is 2.60. The summed E-state index contributed by atoms with van der Waals surface area (Å²) in [6.45, 7) is 8.21. The molecule has 1 nitrogen and oxygen atoms in total. The van der Waals surface area contributed by atoms with Crippen LogP contribution in [0.1, 0.15) is 32.6 Å². The van der Waals surface area contributed by atoms with Gasteiger partial charge in [-0.3, -0.25) is 0 Å². The molecule has 0 aliphatic heterocycles. The third-order valence-electron chi connectivity index (χ3n) is 1.31. The topological polar surface area (TPSA) is 12.0 Å². The minimum Gasteiger partial charge on any atom is -0.317 e. The molecule has 0 aliphatic rings. The van der Waals surface area contributed by atoms with Crippen molar-refractivity contribution in [3.05, 3.63) is 6.92 Å². The van der Waals surface area contributed by atoms with E-state index in [1.807, 2.05) is 0 Å². The van der Waals surface area contributed by atoms with Gasteiger partial charge < -0.3 is 5.32 Å². The molecule has 0 amide bonds. The maximum atomic E-state index is 3.74. The highest BCUT2D eigenvalue weighted by molar-refractivity contribution is 4.48. The first-order valence-electron chi connectivity index (χ1n) is 3.91. The van der Waals surface area contributed by atoms with Gasteiger partial charge in [-0.25, -0.2) is 0 Å². The van der Waals surface area contributed by atoms with E-state index < -0.39 is 0 Å². The first kappa shape index (κ1) is 8.96. The Labute approximate surface area is 58.8 Å². The van der Waals surface area contributed by atoms with E-state index in [2.05, 4.69) is 19.2 Å². The van der Waals surface area contributed by atoms with Gasteiger partial charge in [-0.05, 0) is 25.9 Å². The van der Waals surface area contributed by atoms with Gasteiger partial charge in [0.15, 0.2) is 0 Å².